The van der Waals surface area contributed by atoms with Crippen LogP contribution in [0.5, 0.6) is 0 Å². The SMILES string of the molecule is Cc1ccc(NC(=S)NNc2nc3ccccc3cc2C2OCCO2)cc1. The van der Waals surface area contributed by atoms with E-state index >= 15 is 0 Å². The van der Waals surface area contributed by atoms with E-state index in [2.05, 4.69) is 21.2 Å². The van der Waals surface area contributed by atoms with Crippen LogP contribution >= 0.6 is 12.2 Å². The number of aromatic nitrogens is 1. The first-order chi connectivity index (χ1) is 13.2. The Morgan fingerprint density at radius 3 is 2.59 bits per heavy atom. The third-order valence-corrected chi connectivity index (χ3v) is 4.44. The zero-order valence-corrected chi connectivity index (χ0v) is 15.7. The molecule has 2 aromatic carbocycles. The molecule has 1 aliphatic heterocycles. The lowest BCUT2D eigenvalue weighted by Crippen LogP contribution is -2.34. The van der Waals surface area contributed by atoms with Gasteiger partial charge in [0.2, 0.25) is 0 Å². The number of thiocarbonyl (C=S) groups is 1. The highest BCUT2D eigenvalue weighted by molar-refractivity contribution is 7.80. The standard InChI is InChI=1S/C20H20N4O2S/c1-13-6-8-15(9-7-13)21-20(27)24-23-18-16(19-25-10-11-26-19)12-14-4-2-3-5-17(14)22-18/h2-9,12,19H,10-11H2,1H3,(H,22,23)(H2,21,24,27). The smallest absolute Gasteiger partial charge is 0.189 e. The molecule has 3 aromatic rings. The molecule has 6 nitrogen and oxygen atoms in total. The molecule has 1 saturated heterocycles. The fourth-order valence-corrected chi connectivity index (χ4v) is 3.03. The summed E-state index contributed by atoms with van der Waals surface area (Å²) in [6.07, 6.45) is -0.440. The van der Waals surface area contributed by atoms with Gasteiger partial charge in [0, 0.05) is 11.1 Å². The second kappa shape index (κ2) is 7.87. The number of nitrogens with zero attached hydrogens (tertiary/aromatic N) is 1. The normalized spacial score (nSPS) is 14.3. The van der Waals surface area contributed by atoms with Gasteiger partial charge in [-0.3, -0.25) is 10.9 Å². The molecule has 138 valence electrons. The summed E-state index contributed by atoms with van der Waals surface area (Å²) in [7, 11) is 0. The number of aryl methyl sites for hydroxylation is 1. The minimum absolute atomic E-state index is 0.438. The highest BCUT2D eigenvalue weighted by atomic mass is 32.1. The Labute approximate surface area is 162 Å². The van der Waals surface area contributed by atoms with Gasteiger partial charge in [0.15, 0.2) is 17.2 Å². The number of hydrazine groups is 1. The van der Waals surface area contributed by atoms with Gasteiger partial charge in [0.05, 0.1) is 24.3 Å². The van der Waals surface area contributed by atoms with E-state index in [1.54, 1.807) is 0 Å². The van der Waals surface area contributed by atoms with Gasteiger partial charge in [-0.2, -0.15) is 0 Å². The quantitative estimate of drug-likeness (QED) is 0.468. The van der Waals surface area contributed by atoms with Crippen molar-refractivity contribution in [3.8, 4) is 0 Å². The van der Waals surface area contributed by atoms with Crippen LogP contribution in [0.2, 0.25) is 0 Å². The Morgan fingerprint density at radius 1 is 1.07 bits per heavy atom. The molecule has 0 amide bonds. The van der Waals surface area contributed by atoms with Crippen molar-refractivity contribution in [3.05, 3.63) is 65.7 Å². The largest absolute Gasteiger partial charge is 0.346 e. The molecule has 0 radical (unpaired) electrons. The van der Waals surface area contributed by atoms with Gasteiger partial charge in [-0.1, -0.05) is 35.9 Å². The second-order valence-electron chi connectivity index (χ2n) is 6.26. The van der Waals surface area contributed by atoms with Crippen LogP contribution < -0.4 is 16.2 Å². The molecule has 0 spiro atoms. The lowest BCUT2D eigenvalue weighted by atomic mass is 10.1. The Morgan fingerprint density at radius 2 is 1.81 bits per heavy atom. The zero-order valence-electron chi connectivity index (χ0n) is 14.9. The fraction of sp³-hybridized carbons (Fsp3) is 0.200. The monoisotopic (exact) mass is 380 g/mol. The Kier molecular flexibility index (Phi) is 5.15. The van der Waals surface area contributed by atoms with E-state index in [0.717, 1.165) is 22.2 Å². The van der Waals surface area contributed by atoms with Crippen molar-refractivity contribution in [2.45, 2.75) is 13.2 Å². The number of hydrogen-bond donors (Lipinski definition) is 3. The molecule has 0 saturated carbocycles. The van der Waals surface area contributed by atoms with Gasteiger partial charge < -0.3 is 14.8 Å². The highest BCUT2D eigenvalue weighted by Crippen LogP contribution is 2.31. The van der Waals surface area contributed by atoms with Crippen molar-refractivity contribution < 1.29 is 9.47 Å². The molecule has 0 atom stereocenters. The van der Waals surface area contributed by atoms with E-state index in [4.69, 9.17) is 21.7 Å². The summed E-state index contributed by atoms with van der Waals surface area (Å²) in [6.45, 7) is 3.18. The molecule has 1 aromatic heterocycles. The van der Waals surface area contributed by atoms with Crippen LogP contribution in [0.25, 0.3) is 10.9 Å². The molecular formula is C20H20N4O2S. The van der Waals surface area contributed by atoms with E-state index < -0.39 is 6.29 Å². The lowest BCUT2D eigenvalue weighted by molar-refractivity contribution is -0.0436. The van der Waals surface area contributed by atoms with E-state index in [0.29, 0.717) is 24.1 Å². The zero-order chi connectivity index (χ0) is 18.6. The first kappa shape index (κ1) is 17.7. The molecule has 3 N–H and O–H groups in total. The molecule has 4 rings (SSSR count). The number of rotatable bonds is 4. The fourth-order valence-electron chi connectivity index (χ4n) is 2.87. The molecule has 0 aliphatic carbocycles. The summed E-state index contributed by atoms with van der Waals surface area (Å²) in [5, 5.41) is 4.60. The third kappa shape index (κ3) is 4.16. The topological polar surface area (TPSA) is 67.4 Å². The predicted octanol–water partition coefficient (Wildman–Crippen LogP) is 3.90. The number of ether oxygens (including phenoxy) is 2. The Balaban J connectivity index is 1.52. The maximum absolute atomic E-state index is 5.66. The summed E-state index contributed by atoms with van der Waals surface area (Å²) in [4.78, 5) is 4.69. The average Bonchev–Trinajstić information content (AvgIpc) is 3.22. The molecule has 7 heteroatoms. The molecule has 1 aliphatic rings. The van der Waals surface area contributed by atoms with Gasteiger partial charge in [-0.15, -0.1) is 0 Å². The average molecular weight is 380 g/mol. The van der Waals surface area contributed by atoms with Crippen LogP contribution in [0.3, 0.4) is 0 Å². The highest BCUT2D eigenvalue weighted by Gasteiger charge is 2.23. The van der Waals surface area contributed by atoms with Crippen LogP contribution in [-0.4, -0.2) is 23.3 Å². The number of benzene rings is 2. The number of nitrogens with one attached hydrogen (secondary N) is 3. The summed E-state index contributed by atoms with van der Waals surface area (Å²) in [5.74, 6) is 0.619. The third-order valence-electron chi connectivity index (χ3n) is 4.23. The van der Waals surface area contributed by atoms with Gasteiger partial charge in [-0.25, -0.2) is 4.98 Å². The molecule has 1 fully saturated rings. The number of hydrogen-bond acceptors (Lipinski definition) is 5. The van der Waals surface area contributed by atoms with Crippen LogP contribution in [0.4, 0.5) is 11.5 Å². The van der Waals surface area contributed by atoms with Gasteiger partial charge >= 0.3 is 0 Å². The number of para-hydroxylation sites is 1. The van der Waals surface area contributed by atoms with Gasteiger partial charge in [-0.05, 0) is 43.4 Å². The minimum atomic E-state index is -0.440. The van der Waals surface area contributed by atoms with Gasteiger partial charge in [0.1, 0.15) is 0 Å². The van der Waals surface area contributed by atoms with E-state index in [1.165, 1.54) is 5.56 Å². The van der Waals surface area contributed by atoms with Crippen LogP contribution in [-0.2, 0) is 9.47 Å². The van der Waals surface area contributed by atoms with Crippen molar-refractivity contribution >= 4 is 39.7 Å². The molecule has 27 heavy (non-hydrogen) atoms. The van der Waals surface area contributed by atoms with E-state index in [-0.39, 0.29) is 0 Å². The second-order valence-corrected chi connectivity index (χ2v) is 6.67. The van der Waals surface area contributed by atoms with E-state index in [1.807, 2.05) is 61.5 Å². The Hall–Kier alpha value is -2.74. The van der Waals surface area contributed by atoms with Crippen molar-refractivity contribution in [3.63, 3.8) is 0 Å². The van der Waals surface area contributed by atoms with Crippen LogP contribution in [0.1, 0.15) is 17.4 Å². The van der Waals surface area contributed by atoms with E-state index in [9.17, 15) is 0 Å². The maximum Gasteiger partial charge on any atom is 0.189 e. The van der Waals surface area contributed by atoms with Crippen molar-refractivity contribution in [2.75, 3.05) is 24.0 Å². The molecule has 0 unspecified atom stereocenters. The first-order valence-corrected chi connectivity index (χ1v) is 9.12. The number of pyridine rings is 1. The summed E-state index contributed by atoms with van der Waals surface area (Å²) >= 11 is 5.37. The van der Waals surface area contributed by atoms with Crippen LogP contribution in [0, 0.1) is 6.92 Å². The first-order valence-electron chi connectivity index (χ1n) is 8.71. The predicted molar refractivity (Wildman–Crippen MR) is 111 cm³/mol. The molecule has 2 heterocycles. The summed E-state index contributed by atoms with van der Waals surface area (Å²) in [5.41, 5.74) is 9.89. The minimum Gasteiger partial charge on any atom is -0.346 e. The van der Waals surface area contributed by atoms with Crippen molar-refractivity contribution in [2.24, 2.45) is 0 Å². The van der Waals surface area contributed by atoms with Crippen molar-refractivity contribution in [1.82, 2.24) is 10.4 Å². The lowest BCUT2D eigenvalue weighted by Gasteiger charge is -2.18. The maximum atomic E-state index is 5.66. The number of fused-ring (bicyclic) bond motifs is 1. The molecule has 0 bridgehead atoms. The molecular weight excluding hydrogens is 360 g/mol. The summed E-state index contributed by atoms with van der Waals surface area (Å²) in [6, 6.07) is 17.9. The van der Waals surface area contributed by atoms with Crippen LogP contribution in [0.15, 0.2) is 54.6 Å². The summed E-state index contributed by atoms with van der Waals surface area (Å²) < 4.78 is 11.3. The van der Waals surface area contributed by atoms with Gasteiger partial charge in [0.25, 0.3) is 0 Å². The Bertz CT molecular complexity index is 956. The number of anilines is 2. The van der Waals surface area contributed by atoms with Crippen molar-refractivity contribution in [1.29, 1.82) is 0 Å².